The highest BCUT2D eigenvalue weighted by atomic mass is 127. The minimum absolute atomic E-state index is 0.294. The van der Waals surface area contributed by atoms with Crippen LogP contribution in [0.2, 0.25) is 0 Å². The smallest absolute Gasteiger partial charge is 0.131 e. The summed E-state index contributed by atoms with van der Waals surface area (Å²) >= 11 is 2.08. The summed E-state index contributed by atoms with van der Waals surface area (Å²) in [7, 11) is 0. The van der Waals surface area contributed by atoms with E-state index in [0.717, 1.165) is 14.5 Å². The van der Waals surface area contributed by atoms with Gasteiger partial charge in [0, 0.05) is 5.39 Å². The molecule has 0 spiro atoms. The molecule has 2 rings (SSSR count). The lowest BCUT2D eigenvalue weighted by Crippen LogP contribution is -1.76. The number of H-pyrrole nitrogens is 1. The van der Waals surface area contributed by atoms with Gasteiger partial charge >= 0.3 is 0 Å². The summed E-state index contributed by atoms with van der Waals surface area (Å²) in [5.74, 6) is 0.294. The first-order valence-electron chi connectivity index (χ1n) is 3.09. The first kappa shape index (κ1) is 6.90. The quantitative estimate of drug-likeness (QED) is 0.710. The van der Waals surface area contributed by atoms with Crippen LogP contribution in [0.5, 0.6) is 5.75 Å². The third-order valence-electron chi connectivity index (χ3n) is 1.53. The maximum absolute atomic E-state index is 9.28. The standard InChI is InChI=1S/C7H5IN2O/c8-6-5(11)2-1-4-3-9-10-7(4)6/h1-3,11H,(H,9,10). The van der Waals surface area contributed by atoms with Gasteiger partial charge in [-0.1, -0.05) is 0 Å². The molecule has 2 N–H and O–H groups in total. The highest BCUT2D eigenvalue weighted by Crippen LogP contribution is 2.26. The molecule has 0 saturated carbocycles. The van der Waals surface area contributed by atoms with E-state index in [1.807, 2.05) is 6.07 Å². The van der Waals surface area contributed by atoms with Crippen molar-refractivity contribution in [3.8, 4) is 5.75 Å². The van der Waals surface area contributed by atoms with Crippen molar-refractivity contribution in [3.05, 3.63) is 21.9 Å². The highest BCUT2D eigenvalue weighted by Gasteiger charge is 2.03. The molecule has 0 atom stereocenters. The number of nitrogens with zero attached hydrogens (tertiary/aromatic N) is 1. The van der Waals surface area contributed by atoms with Gasteiger partial charge in [-0.3, -0.25) is 5.10 Å². The predicted octanol–water partition coefficient (Wildman–Crippen LogP) is 1.87. The second-order valence-electron chi connectivity index (χ2n) is 2.23. The minimum Gasteiger partial charge on any atom is -0.507 e. The van der Waals surface area contributed by atoms with Crippen molar-refractivity contribution in [1.29, 1.82) is 0 Å². The molecule has 0 aliphatic heterocycles. The lowest BCUT2D eigenvalue weighted by Gasteiger charge is -1.95. The molecule has 0 amide bonds. The monoisotopic (exact) mass is 260 g/mol. The van der Waals surface area contributed by atoms with E-state index in [2.05, 4.69) is 32.8 Å². The number of hydrogen-bond acceptors (Lipinski definition) is 2. The van der Waals surface area contributed by atoms with Gasteiger partial charge in [-0.05, 0) is 34.7 Å². The van der Waals surface area contributed by atoms with E-state index < -0.39 is 0 Å². The average Bonchev–Trinajstić information content (AvgIpc) is 2.45. The SMILES string of the molecule is Oc1ccc2cn[nH]c2c1I. The molecule has 1 aromatic carbocycles. The van der Waals surface area contributed by atoms with Crippen molar-refractivity contribution in [2.45, 2.75) is 0 Å². The molecule has 0 radical (unpaired) electrons. The summed E-state index contributed by atoms with van der Waals surface area (Å²) in [6.07, 6.45) is 1.73. The highest BCUT2D eigenvalue weighted by molar-refractivity contribution is 14.1. The van der Waals surface area contributed by atoms with Crippen LogP contribution in [-0.2, 0) is 0 Å². The van der Waals surface area contributed by atoms with Crippen molar-refractivity contribution in [2.75, 3.05) is 0 Å². The third-order valence-corrected chi connectivity index (χ3v) is 2.63. The molecular formula is C7H5IN2O. The Kier molecular flexibility index (Phi) is 1.49. The van der Waals surface area contributed by atoms with Gasteiger partial charge in [0.1, 0.15) is 5.75 Å². The molecule has 1 aromatic heterocycles. The van der Waals surface area contributed by atoms with Crippen LogP contribution in [0.25, 0.3) is 10.9 Å². The van der Waals surface area contributed by atoms with Crippen molar-refractivity contribution >= 4 is 33.5 Å². The Morgan fingerprint density at radius 3 is 3.09 bits per heavy atom. The maximum atomic E-state index is 9.28. The number of phenols is 1. The van der Waals surface area contributed by atoms with Gasteiger partial charge in [0.25, 0.3) is 0 Å². The Bertz CT molecular complexity index is 396. The molecule has 0 aliphatic carbocycles. The van der Waals surface area contributed by atoms with Crippen LogP contribution in [0.15, 0.2) is 18.3 Å². The average molecular weight is 260 g/mol. The van der Waals surface area contributed by atoms with Gasteiger partial charge in [-0.15, -0.1) is 0 Å². The predicted molar refractivity (Wildman–Crippen MR) is 50.5 cm³/mol. The number of hydrogen-bond donors (Lipinski definition) is 2. The van der Waals surface area contributed by atoms with Crippen LogP contribution in [0.3, 0.4) is 0 Å². The number of fused-ring (bicyclic) bond motifs is 1. The zero-order valence-corrected chi connectivity index (χ0v) is 7.66. The number of phenolic OH excluding ortho intramolecular Hbond substituents is 1. The van der Waals surface area contributed by atoms with Crippen LogP contribution in [-0.4, -0.2) is 15.3 Å². The van der Waals surface area contributed by atoms with Crippen LogP contribution < -0.4 is 0 Å². The molecule has 0 saturated heterocycles. The molecule has 3 nitrogen and oxygen atoms in total. The Morgan fingerprint density at radius 1 is 1.45 bits per heavy atom. The summed E-state index contributed by atoms with van der Waals surface area (Å²) in [6, 6.07) is 3.50. The van der Waals surface area contributed by atoms with E-state index in [-0.39, 0.29) is 0 Å². The Hall–Kier alpha value is -0.780. The lowest BCUT2D eigenvalue weighted by molar-refractivity contribution is 0.472. The van der Waals surface area contributed by atoms with Crippen molar-refractivity contribution in [2.24, 2.45) is 0 Å². The maximum Gasteiger partial charge on any atom is 0.131 e. The van der Waals surface area contributed by atoms with Gasteiger partial charge in [0.15, 0.2) is 0 Å². The number of halogens is 1. The second-order valence-corrected chi connectivity index (χ2v) is 3.31. The van der Waals surface area contributed by atoms with Crippen molar-refractivity contribution < 1.29 is 5.11 Å². The fraction of sp³-hybridized carbons (Fsp3) is 0. The molecule has 0 fully saturated rings. The molecule has 4 heteroatoms. The summed E-state index contributed by atoms with van der Waals surface area (Å²) in [5.41, 5.74) is 0.894. The first-order chi connectivity index (χ1) is 5.29. The summed E-state index contributed by atoms with van der Waals surface area (Å²) in [6.45, 7) is 0. The van der Waals surface area contributed by atoms with Gasteiger partial charge in [0.05, 0.1) is 15.3 Å². The van der Waals surface area contributed by atoms with E-state index in [9.17, 15) is 5.11 Å². The molecule has 2 aromatic rings. The molecular weight excluding hydrogens is 255 g/mol. The summed E-state index contributed by atoms with van der Waals surface area (Å²) < 4.78 is 0.817. The number of nitrogens with one attached hydrogen (secondary N) is 1. The molecule has 0 aliphatic rings. The molecule has 0 unspecified atom stereocenters. The Labute approximate surface area is 76.6 Å². The normalized spacial score (nSPS) is 10.6. The zero-order chi connectivity index (χ0) is 7.84. The van der Waals surface area contributed by atoms with E-state index >= 15 is 0 Å². The second kappa shape index (κ2) is 2.37. The van der Waals surface area contributed by atoms with Crippen LogP contribution >= 0.6 is 22.6 Å². The van der Waals surface area contributed by atoms with Crippen LogP contribution in [0.1, 0.15) is 0 Å². The van der Waals surface area contributed by atoms with Crippen molar-refractivity contribution in [3.63, 3.8) is 0 Å². The van der Waals surface area contributed by atoms with Crippen molar-refractivity contribution in [1.82, 2.24) is 10.2 Å². The number of aromatic hydroxyl groups is 1. The van der Waals surface area contributed by atoms with Gasteiger partial charge in [0.2, 0.25) is 0 Å². The summed E-state index contributed by atoms with van der Waals surface area (Å²) in [5, 5.41) is 17.0. The largest absolute Gasteiger partial charge is 0.507 e. The Morgan fingerprint density at radius 2 is 2.27 bits per heavy atom. The fourth-order valence-electron chi connectivity index (χ4n) is 0.968. The molecule has 1 heterocycles. The van der Waals surface area contributed by atoms with Crippen LogP contribution in [0.4, 0.5) is 0 Å². The number of aromatic amines is 1. The van der Waals surface area contributed by atoms with E-state index in [1.54, 1.807) is 12.3 Å². The van der Waals surface area contributed by atoms with E-state index in [0.29, 0.717) is 5.75 Å². The molecule has 11 heavy (non-hydrogen) atoms. The number of rotatable bonds is 0. The van der Waals surface area contributed by atoms with Gasteiger partial charge in [-0.25, -0.2) is 0 Å². The van der Waals surface area contributed by atoms with E-state index in [4.69, 9.17) is 0 Å². The minimum atomic E-state index is 0.294. The fourth-order valence-corrected chi connectivity index (χ4v) is 1.58. The topological polar surface area (TPSA) is 48.9 Å². The third kappa shape index (κ3) is 0.973. The van der Waals surface area contributed by atoms with E-state index in [1.165, 1.54) is 0 Å². The van der Waals surface area contributed by atoms with Gasteiger partial charge in [-0.2, -0.15) is 5.10 Å². The van der Waals surface area contributed by atoms with Gasteiger partial charge < -0.3 is 5.11 Å². The number of aromatic nitrogens is 2. The number of benzene rings is 1. The van der Waals surface area contributed by atoms with Crippen LogP contribution in [0, 0.1) is 3.57 Å². The first-order valence-corrected chi connectivity index (χ1v) is 4.17. The molecule has 56 valence electrons. The Balaban J connectivity index is 2.93. The molecule has 0 bridgehead atoms. The lowest BCUT2D eigenvalue weighted by atomic mass is 10.2. The zero-order valence-electron chi connectivity index (χ0n) is 5.50. The summed E-state index contributed by atoms with van der Waals surface area (Å²) in [4.78, 5) is 0.